The number of alkyl halides is 3. The maximum Gasteiger partial charge on any atom is 0.522 e. The number of rotatable bonds is 5. The van der Waals surface area contributed by atoms with Crippen molar-refractivity contribution in [2.45, 2.75) is 12.9 Å². The molecule has 2 rings (SSSR count). The molecule has 106 valence electrons. The molecule has 0 fully saturated rings. The molecule has 0 atom stereocenters. The van der Waals surface area contributed by atoms with Crippen LogP contribution in [0.2, 0.25) is 0 Å². The SMILES string of the molecule is NCc1cc2c(cc1OCCOC(F)(F)F)OCO2. The van der Waals surface area contributed by atoms with E-state index in [0.717, 1.165) is 0 Å². The van der Waals surface area contributed by atoms with E-state index < -0.39 is 13.0 Å². The predicted molar refractivity (Wildman–Crippen MR) is 58.0 cm³/mol. The van der Waals surface area contributed by atoms with Crippen molar-refractivity contribution < 1.29 is 32.1 Å². The summed E-state index contributed by atoms with van der Waals surface area (Å²) in [5.74, 6) is 1.38. The summed E-state index contributed by atoms with van der Waals surface area (Å²) in [6.07, 6.45) is -4.66. The third kappa shape index (κ3) is 3.65. The van der Waals surface area contributed by atoms with Crippen LogP contribution in [-0.4, -0.2) is 26.4 Å². The van der Waals surface area contributed by atoms with Crippen LogP contribution in [0, 0.1) is 0 Å². The van der Waals surface area contributed by atoms with Crippen LogP contribution >= 0.6 is 0 Å². The molecule has 19 heavy (non-hydrogen) atoms. The second kappa shape index (κ2) is 5.54. The zero-order valence-electron chi connectivity index (χ0n) is 9.83. The van der Waals surface area contributed by atoms with Crippen LogP contribution in [0.1, 0.15) is 5.56 Å². The molecule has 0 radical (unpaired) electrons. The lowest BCUT2D eigenvalue weighted by molar-refractivity contribution is -0.325. The molecule has 0 spiro atoms. The average Bonchev–Trinajstić information content (AvgIpc) is 2.79. The van der Waals surface area contributed by atoms with Gasteiger partial charge in [0.1, 0.15) is 12.4 Å². The third-order valence-corrected chi connectivity index (χ3v) is 2.38. The molecular formula is C11H12F3NO4. The molecular weight excluding hydrogens is 267 g/mol. The van der Waals surface area contributed by atoms with E-state index >= 15 is 0 Å². The lowest BCUT2D eigenvalue weighted by atomic mass is 10.2. The molecule has 1 aromatic carbocycles. The van der Waals surface area contributed by atoms with E-state index in [0.29, 0.717) is 22.8 Å². The van der Waals surface area contributed by atoms with Crippen LogP contribution in [0.3, 0.4) is 0 Å². The molecule has 0 aromatic heterocycles. The molecule has 1 aliphatic rings. The molecule has 1 aromatic rings. The van der Waals surface area contributed by atoms with Gasteiger partial charge in [-0.05, 0) is 6.07 Å². The minimum atomic E-state index is -4.66. The Balaban J connectivity index is 1.96. The molecule has 0 bridgehead atoms. The van der Waals surface area contributed by atoms with E-state index in [4.69, 9.17) is 19.9 Å². The van der Waals surface area contributed by atoms with Gasteiger partial charge in [-0.15, -0.1) is 13.2 Å². The van der Waals surface area contributed by atoms with Gasteiger partial charge in [-0.2, -0.15) is 0 Å². The second-order valence-corrected chi connectivity index (χ2v) is 3.66. The predicted octanol–water partition coefficient (Wildman–Crippen LogP) is 1.79. The average molecular weight is 279 g/mol. The number of hydrogen-bond acceptors (Lipinski definition) is 5. The maximum absolute atomic E-state index is 11.8. The maximum atomic E-state index is 11.8. The van der Waals surface area contributed by atoms with Crippen molar-refractivity contribution in [2.24, 2.45) is 5.73 Å². The van der Waals surface area contributed by atoms with Crippen LogP contribution < -0.4 is 19.9 Å². The van der Waals surface area contributed by atoms with Crippen LogP contribution in [0.5, 0.6) is 17.2 Å². The Morgan fingerprint density at radius 1 is 1.16 bits per heavy atom. The van der Waals surface area contributed by atoms with E-state index in [1.807, 2.05) is 0 Å². The van der Waals surface area contributed by atoms with Gasteiger partial charge in [-0.25, -0.2) is 0 Å². The number of halogens is 3. The highest BCUT2D eigenvalue weighted by Crippen LogP contribution is 2.38. The van der Waals surface area contributed by atoms with Crippen LogP contribution in [0.4, 0.5) is 13.2 Å². The van der Waals surface area contributed by atoms with Gasteiger partial charge in [0.15, 0.2) is 11.5 Å². The van der Waals surface area contributed by atoms with Gasteiger partial charge >= 0.3 is 6.36 Å². The Morgan fingerprint density at radius 2 is 1.84 bits per heavy atom. The second-order valence-electron chi connectivity index (χ2n) is 3.66. The number of hydrogen-bond donors (Lipinski definition) is 1. The minimum Gasteiger partial charge on any atom is -0.491 e. The van der Waals surface area contributed by atoms with Crippen molar-refractivity contribution in [3.63, 3.8) is 0 Å². The Kier molecular flexibility index (Phi) is 4.01. The summed E-state index contributed by atoms with van der Waals surface area (Å²) in [6.45, 7) is -0.569. The normalized spacial score (nSPS) is 13.7. The summed E-state index contributed by atoms with van der Waals surface area (Å²) in [7, 11) is 0. The van der Waals surface area contributed by atoms with Crippen molar-refractivity contribution in [2.75, 3.05) is 20.0 Å². The lowest BCUT2D eigenvalue weighted by Gasteiger charge is -2.12. The molecule has 0 aliphatic carbocycles. The first-order valence-corrected chi connectivity index (χ1v) is 5.45. The number of nitrogens with two attached hydrogens (primary N) is 1. The highest BCUT2D eigenvalue weighted by atomic mass is 19.4. The molecule has 2 N–H and O–H groups in total. The Hall–Kier alpha value is -1.67. The molecule has 0 unspecified atom stereocenters. The topological polar surface area (TPSA) is 62.9 Å². The Bertz CT molecular complexity index is 450. The van der Waals surface area contributed by atoms with Gasteiger partial charge in [0.25, 0.3) is 0 Å². The van der Waals surface area contributed by atoms with Crippen molar-refractivity contribution in [3.05, 3.63) is 17.7 Å². The van der Waals surface area contributed by atoms with Crippen molar-refractivity contribution in [1.29, 1.82) is 0 Å². The standard InChI is InChI=1S/C11H12F3NO4/c12-11(13,14)19-2-1-16-8-4-10-9(17-6-18-10)3-7(8)5-15/h3-4H,1-2,5-6,15H2. The third-order valence-electron chi connectivity index (χ3n) is 2.38. The Morgan fingerprint density at radius 3 is 2.47 bits per heavy atom. The molecule has 0 saturated carbocycles. The smallest absolute Gasteiger partial charge is 0.491 e. The van der Waals surface area contributed by atoms with E-state index in [1.165, 1.54) is 6.07 Å². The van der Waals surface area contributed by atoms with Gasteiger partial charge in [0.05, 0.1) is 6.61 Å². The molecule has 1 heterocycles. The lowest BCUT2D eigenvalue weighted by Crippen LogP contribution is -2.18. The monoisotopic (exact) mass is 279 g/mol. The highest BCUT2D eigenvalue weighted by molar-refractivity contribution is 5.51. The quantitative estimate of drug-likeness (QED) is 0.832. The largest absolute Gasteiger partial charge is 0.522 e. The van der Waals surface area contributed by atoms with E-state index in [-0.39, 0.29) is 19.9 Å². The molecule has 0 saturated heterocycles. The van der Waals surface area contributed by atoms with Crippen molar-refractivity contribution >= 4 is 0 Å². The first-order valence-electron chi connectivity index (χ1n) is 5.45. The highest BCUT2D eigenvalue weighted by Gasteiger charge is 2.28. The van der Waals surface area contributed by atoms with Crippen LogP contribution in [0.15, 0.2) is 12.1 Å². The first-order chi connectivity index (χ1) is 8.99. The van der Waals surface area contributed by atoms with Crippen molar-refractivity contribution in [1.82, 2.24) is 0 Å². The summed E-state index contributed by atoms with van der Waals surface area (Å²) in [4.78, 5) is 0. The van der Waals surface area contributed by atoms with Gasteiger partial charge in [-0.1, -0.05) is 0 Å². The van der Waals surface area contributed by atoms with Gasteiger partial charge < -0.3 is 19.9 Å². The van der Waals surface area contributed by atoms with Gasteiger partial charge in [-0.3, -0.25) is 4.74 Å². The van der Waals surface area contributed by atoms with Crippen LogP contribution in [0.25, 0.3) is 0 Å². The van der Waals surface area contributed by atoms with Crippen molar-refractivity contribution in [3.8, 4) is 17.2 Å². The summed E-state index contributed by atoms with van der Waals surface area (Å²) >= 11 is 0. The zero-order chi connectivity index (χ0) is 13.9. The number of fused-ring (bicyclic) bond motifs is 1. The first kappa shape index (κ1) is 13.8. The van der Waals surface area contributed by atoms with Gasteiger partial charge in [0, 0.05) is 18.2 Å². The minimum absolute atomic E-state index is 0.0972. The fourth-order valence-electron chi connectivity index (χ4n) is 1.57. The van der Waals surface area contributed by atoms with E-state index in [9.17, 15) is 13.2 Å². The summed E-state index contributed by atoms with van der Waals surface area (Å²) in [6, 6.07) is 3.18. The molecule has 8 heteroatoms. The number of benzene rings is 1. The molecule has 1 aliphatic heterocycles. The van der Waals surface area contributed by atoms with Gasteiger partial charge in [0.2, 0.25) is 6.79 Å². The zero-order valence-corrected chi connectivity index (χ0v) is 9.83. The number of ether oxygens (including phenoxy) is 4. The fraction of sp³-hybridized carbons (Fsp3) is 0.455. The summed E-state index contributed by atoms with van der Waals surface area (Å²) < 4.78 is 54.4. The summed E-state index contributed by atoms with van der Waals surface area (Å²) in [5, 5.41) is 0. The van der Waals surface area contributed by atoms with E-state index in [1.54, 1.807) is 6.07 Å². The molecule has 0 amide bonds. The van der Waals surface area contributed by atoms with Crippen LogP contribution in [-0.2, 0) is 11.3 Å². The molecule has 5 nitrogen and oxygen atoms in total. The summed E-state index contributed by atoms with van der Waals surface area (Å²) in [5.41, 5.74) is 6.15. The van der Waals surface area contributed by atoms with E-state index in [2.05, 4.69) is 4.74 Å². The fourth-order valence-corrected chi connectivity index (χ4v) is 1.57. The Labute approximate surface area is 107 Å².